The maximum atomic E-state index is 12.6. The van der Waals surface area contributed by atoms with Crippen LogP contribution in [0, 0.1) is 0 Å². The van der Waals surface area contributed by atoms with Gasteiger partial charge in [0.25, 0.3) is 5.56 Å². The lowest BCUT2D eigenvalue weighted by atomic mass is 10.1. The van der Waals surface area contributed by atoms with Gasteiger partial charge in [-0.1, -0.05) is 12.1 Å². The van der Waals surface area contributed by atoms with Crippen LogP contribution in [0.2, 0.25) is 0 Å². The van der Waals surface area contributed by atoms with Crippen LogP contribution in [0.15, 0.2) is 57.7 Å². The molecule has 2 aromatic rings. The van der Waals surface area contributed by atoms with Crippen molar-refractivity contribution >= 4 is 11.0 Å². The molecule has 0 aromatic heterocycles. The smallest absolute Gasteiger partial charge is 0.284 e. The summed E-state index contributed by atoms with van der Waals surface area (Å²) >= 11 is 0. The fraction of sp³-hybridized carbons (Fsp3) is 0.0588. The zero-order valence-corrected chi connectivity index (χ0v) is 12.2. The molecule has 0 unspecified atom stereocenters. The molecular weight excluding hydrogens is 296 g/mol. The number of benzene rings is 2. The summed E-state index contributed by atoms with van der Waals surface area (Å²) < 4.78 is 12.0. The average Bonchev–Trinajstić information content (AvgIpc) is 2.90. The van der Waals surface area contributed by atoms with E-state index in [1.54, 1.807) is 49.6 Å². The highest BCUT2D eigenvalue weighted by Gasteiger charge is 2.20. The van der Waals surface area contributed by atoms with Crippen LogP contribution in [-0.4, -0.2) is 22.0 Å². The van der Waals surface area contributed by atoms with E-state index in [-0.39, 0.29) is 17.2 Å². The summed E-state index contributed by atoms with van der Waals surface area (Å²) in [7, 11) is 1.58. The second-order valence-corrected chi connectivity index (χ2v) is 5.08. The van der Waals surface area contributed by atoms with Gasteiger partial charge in [0.2, 0.25) is 5.89 Å². The number of fused-ring (bicyclic) bond motifs is 2. The Kier molecular flexibility index (Phi) is 2.84. The van der Waals surface area contributed by atoms with Crippen LogP contribution in [0.25, 0.3) is 28.1 Å². The van der Waals surface area contributed by atoms with E-state index >= 15 is 0 Å². The molecule has 1 N–H and O–H groups in total. The number of nitrogens with zero attached hydrogens (tertiary/aromatic N) is 2. The third-order valence-electron chi connectivity index (χ3n) is 3.68. The Morgan fingerprint density at radius 3 is 2.70 bits per heavy atom. The molecule has 0 aliphatic carbocycles. The van der Waals surface area contributed by atoms with Gasteiger partial charge in [-0.2, -0.15) is 4.68 Å². The molecule has 6 heteroatoms. The predicted octanol–water partition coefficient (Wildman–Crippen LogP) is 2.80. The lowest BCUT2D eigenvalue weighted by Gasteiger charge is -2.01. The molecule has 0 fully saturated rings. The molecule has 0 saturated carbocycles. The number of ether oxygens (including phenoxy) is 1. The molecule has 23 heavy (non-hydrogen) atoms. The van der Waals surface area contributed by atoms with Crippen molar-refractivity contribution in [3.63, 3.8) is 0 Å². The molecule has 6 nitrogen and oxygen atoms in total. The molecule has 114 valence electrons. The Morgan fingerprint density at radius 2 is 1.96 bits per heavy atom. The Labute approximate surface area is 130 Å². The van der Waals surface area contributed by atoms with Gasteiger partial charge in [0.05, 0.1) is 12.8 Å². The predicted molar refractivity (Wildman–Crippen MR) is 84.4 cm³/mol. The van der Waals surface area contributed by atoms with Gasteiger partial charge < -0.3 is 14.3 Å². The molecule has 0 bridgehead atoms. The average molecular weight is 308 g/mol. The Morgan fingerprint density at radius 1 is 1.17 bits per heavy atom. The summed E-state index contributed by atoms with van der Waals surface area (Å²) in [5.74, 6) is 0.883. The van der Waals surface area contributed by atoms with Gasteiger partial charge in [-0.3, -0.25) is 4.79 Å². The number of methoxy groups -OCH3 is 1. The van der Waals surface area contributed by atoms with E-state index < -0.39 is 0 Å². The lowest BCUT2D eigenvalue weighted by Crippen LogP contribution is -2.14. The van der Waals surface area contributed by atoms with Gasteiger partial charge >= 0.3 is 0 Å². The number of phenols is 1. The van der Waals surface area contributed by atoms with Gasteiger partial charge in [0, 0.05) is 5.39 Å². The van der Waals surface area contributed by atoms with Gasteiger partial charge in [-0.05, 0) is 36.4 Å². The molecule has 2 aliphatic rings. The van der Waals surface area contributed by atoms with Gasteiger partial charge in [-0.25, -0.2) is 0 Å². The van der Waals surface area contributed by atoms with E-state index in [0.717, 1.165) is 0 Å². The first kappa shape index (κ1) is 13.4. The first-order valence-electron chi connectivity index (χ1n) is 6.96. The van der Waals surface area contributed by atoms with Crippen molar-refractivity contribution < 1.29 is 14.3 Å². The van der Waals surface area contributed by atoms with E-state index in [1.807, 2.05) is 0 Å². The third-order valence-corrected chi connectivity index (χ3v) is 3.68. The van der Waals surface area contributed by atoms with Crippen LogP contribution in [-0.2, 0) is 0 Å². The van der Waals surface area contributed by atoms with Crippen molar-refractivity contribution in [3.8, 4) is 28.6 Å². The highest BCUT2D eigenvalue weighted by Crippen LogP contribution is 2.30. The number of phenolic OH excluding ortho intramolecular Hbond substituents is 1. The van der Waals surface area contributed by atoms with Gasteiger partial charge in [0.1, 0.15) is 11.3 Å². The van der Waals surface area contributed by atoms with E-state index in [2.05, 4.69) is 5.10 Å². The fourth-order valence-electron chi connectivity index (χ4n) is 2.51. The minimum atomic E-state index is -0.279. The molecule has 2 heterocycles. The minimum absolute atomic E-state index is 0.0100. The van der Waals surface area contributed by atoms with Crippen LogP contribution >= 0.6 is 0 Å². The summed E-state index contributed by atoms with van der Waals surface area (Å²) in [5, 5.41) is 14.7. The number of aromatic nitrogens is 2. The van der Waals surface area contributed by atoms with Gasteiger partial charge in [-0.15, -0.1) is 5.10 Å². The van der Waals surface area contributed by atoms with E-state index in [4.69, 9.17) is 9.15 Å². The van der Waals surface area contributed by atoms with E-state index in [9.17, 15) is 9.90 Å². The van der Waals surface area contributed by atoms with Crippen molar-refractivity contribution in [2.24, 2.45) is 0 Å². The second kappa shape index (κ2) is 4.88. The largest absolute Gasteiger partial charge is 0.504 e. The molecule has 2 aromatic carbocycles. The van der Waals surface area contributed by atoms with Crippen molar-refractivity contribution in [3.05, 3.63) is 58.9 Å². The molecule has 4 rings (SSSR count). The number of hydrogen-bond donors (Lipinski definition) is 1. The fourth-order valence-corrected chi connectivity index (χ4v) is 2.51. The second-order valence-electron chi connectivity index (χ2n) is 5.08. The van der Waals surface area contributed by atoms with Crippen LogP contribution in [0.1, 0.15) is 0 Å². The Balaban J connectivity index is 1.96. The standard InChI is InChI=1S/C17H12N2O4/c1-22-12-7-5-11(6-8-12)19-17(21)13-9-10-3-2-4-14(20)15(10)23-16(13)18-19/h2-9,20H,1H3. The van der Waals surface area contributed by atoms with Crippen molar-refractivity contribution in [2.75, 3.05) is 7.11 Å². The van der Waals surface area contributed by atoms with Crippen LogP contribution in [0.5, 0.6) is 11.5 Å². The van der Waals surface area contributed by atoms with E-state index in [1.165, 1.54) is 10.7 Å². The van der Waals surface area contributed by atoms with Crippen LogP contribution in [0.3, 0.4) is 0 Å². The van der Waals surface area contributed by atoms with Crippen LogP contribution in [0.4, 0.5) is 0 Å². The number of hydrogen-bond acceptors (Lipinski definition) is 5. The number of rotatable bonds is 2. The zero-order valence-electron chi connectivity index (χ0n) is 12.2. The van der Waals surface area contributed by atoms with Crippen molar-refractivity contribution in [1.82, 2.24) is 9.78 Å². The maximum Gasteiger partial charge on any atom is 0.284 e. The first-order chi connectivity index (χ1) is 11.2. The summed E-state index contributed by atoms with van der Waals surface area (Å²) in [5.41, 5.74) is 0.993. The van der Waals surface area contributed by atoms with Crippen molar-refractivity contribution in [2.45, 2.75) is 0 Å². The number of aromatic hydroxyl groups is 1. The molecule has 0 amide bonds. The molecule has 0 saturated heterocycles. The topological polar surface area (TPSA) is 77.5 Å². The first-order valence-corrected chi connectivity index (χ1v) is 6.96. The lowest BCUT2D eigenvalue weighted by molar-refractivity contribution is 0.414. The normalized spacial score (nSPS) is 11.2. The molecular formula is C17H12N2O4. The SMILES string of the molecule is COc1ccc(-n2nc3oc4c(O)cccc4cc-3c2=O)cc1. The monoisotopic (exact) mass is 308 g/mol. The number of para-hydroxylation sites is 1. The Bertz CT molecular complexity index is 1030. The molecule has 2 aliphatic heterocycles. The third kappa shape index (κ3) is 2.03. The maximum absolute atomic E-state index is 12.6. The summed E-state index contributed by atoms with van der Waals surface area (Å²) in [6.07, 6.45) is 0. The summed E-state index contributed by atoms with van der Waals surface area (Å²) in [6.45, 7) is 0. The highest BCUT2D eigenvalue weighted by atomic mass is 16.5. The van der Waals surface area contributed by atoms with E-state index in [0.29, 0.717) is 28.0 Å². The van der Waals surface area contributed by atoms with Crippen molar-refractivity contribution in [1.29, 1.82) is 0 Å². The minimum Gasteiger partial charge on any atom is -0.504 e. The summed E-state index contributed by atoms with van der Waals surface area (Å²) in [6, 6.07) is 13.6. The Hall–Kier alpha value is -3.28. The zero-order chi connectivity index (χ0) is 16.0. The molecule has 0 radical (unpaired) electrons. The molecule has 0 atom stereocenters. The highest BCUT2D eigenvalue weighted by molar-refractivity contribution is 5.86. The molecule has 0 spiro atoms. The van der Waals surface area contributed by atoms with Crippen LogP contribution < -0.4 is 10.3 Å². The summed E-state index contributed by atoms with van der Waals surface area (Å²) in [4.78, 5) is 12.6. The quantitative estimate of drug-likeness (QED) is 0.616. The van der Waals surface area contributed by atoms with Gasteiger partial charge in [0.15, 0.2) is 11.3 Å².